The van der Waals surface area contributed by atoms with E-state index in [1.165, 1.54) is 11.3 Å². The minimum absolute atomic E-state index is 0.726. The molecular formula is C21H24N6. The second kappa shape index (κ2) is 7.23. The van der Waals surface area contributed by atoms with E-state index in [1.807, 2.05) is 31.2 Å². The molecule has 0 aliphatic carbocycles. The second-order valence-electron chi connectivity index (χ2n) is 6.69. The van der Waals surface area contributed by atoms with Gasteiger partial charge in [0.05, 0.1) is 5.52 Å². The molecule has 4 rings (SSSR count). The first kappa shape index (κ1) is 17.3. The number of hydrogen-bond donors (Lipinski definition) is 1. The monoisotopic (exact) mass is 360 g/mol. The number of aryl methyl sites for hydroxylation is 2. The van der Waals surface area contributed by atoms with E-state index in [1.54, 1.807) is 4.52 Å². The number of benzene rings is 2. The molecule has 2 heterocycles. The van der Waals surface area contributed by atoms with Crippen molar-refractivity contribution in [3.05, 3.63) is 59.9 Å². The van der Waals surface area contributed by atoms with E-state index < -0.39 is 0 Å². The molecular weight excluding hydrogens is 336 g/mol. The number of hydrogen-bond acceptors (Lipinski definition) is 5. The van der Waals surface area contributed by atoms with Gasteiger partial charge < -0.3 is 10.2 Å². The minimum Gasteiger partial charge on any atom is -0.370 e. The van der Waals surface area contributed by atoms with Gasteiger partial charge in [0.15, 0.2) is 5.65 Å². The Hall–Kier alpha value is -3.15. The number of para-hydroxylation sites is 1. The zero-order valence-corrected chi connectivity index (χ0v) is 16.0. The highest BCUT2D eigenvalue weighted by Crippen LogP contribution is 2.20. The molecule has 1 N–H and O–H groups in total. The third-order valence-electron chi connectivity index (χ3n) is 4.70. The lowest BCUT2D eigenvalue weighted by molar-refractivity contribution is 0.819. The summed E-state index contributed by atoms with van der Waals surface area (Å²) < 4.78 is 1.81. The summed E-state index contributed by atoms with van der Waals surface area (Å²) >= 11 is 0. The lowest BCUT2D eigenvalue weighted by Gasteiger charge is -2.23. The van der Waals surface area contributed by atoms with Gasteiger partial charge in [-0.15, -0.1) is 5.10 Å². The Morgan fingerprint density at radius 2 is 1.89 bits per heavy atom. The van der Waals surface area contributed by atoms with E-state index in [9.17, 15) is 0 Å². The van der Waals surface area contributed by atoms with Crippen LogP contribution in [0.3, 0.4) is 0 Å². The number of nitrogens with one attached hydrogen (secondary N) is 1. The third kappa shape index (κ3) is 3.43. The van der Waals surface area contributed by atoms with Gasteiger partial charge in [0, 0.05) is 30.7 Å². The van der Waals surface area contributed by atoms with Gasteiger partial charge in [0.2, 0.25) is 5.95 Å². The molecule has 0 saturated heterocycles. The van der Waals surface area contributed by atoms with Gasteiger partial charge in [-0.05, 0) is 50.6 Å². The molecule has 6 heteroatoms. The molecule has 0 aliphatic rings. The first-order valence-electron chi connectivity index (χ1n) is 9.33. The zero-order valence-electron chi connectivity index (χ0n) is 16.0. The molecule has 4 aromatic rings. The van der Waals surface area contributed by atoms with Crippen molar-refractivity contribution in [2.75, 3.05) is 29.9 Å². The lowest BCUT2D eigenvalue weighted by Crippen LogP contribution is -2.29. The van der Waals surface area contributed by atoms with Crippen LogP contribution in [0.2, 0.25) is 0 Å². The van der Waals surface area contributed by atoms with Crippen molar-refractivity contribution in [1.82, 2.24) is 19.6 Å². The molecule has 0 aliphatic heterocycles. The van der Waals surface area contributed by atoms with Gasteiger partial charge in [-0.3, -0.25) is 0 Å². The fraction of sp³-hybridized carbons (Fsp3) is 0.286. The van der Waals surface area contributed by atoms with Crippen molar-refractivity contribution in [1.29, 1.82) is 0 Å². The van der Waals surface area contributed by atoms with Crippen LogP contribution in [0.25, 0.3) is 16.6 Å². The molecule has 27 heavy (non-hydrogen) atoms. The SMILES string of the molecule is CCN(CCNc1nc2ccccc2c2nc(C)nn12)c1cccc(C)c1. The maximum absolute atomic E-state index is 4.76. The van der Waals surface area contributed by atoms with Crippen LogP contribution in [0.5, 0.6) is 0 Å². The van der Waals surface area contributed by atoms with E-state index in [-0.39, 0.29) is 0 Å². The van der Waals surface area contributed by atoms with Crippen LogP contribution in [0.4, 0.5) is 11.6 Å². The standard InChI is InChI=1S/C21H24N6/c1-4-26(17-9-7-8-15(2)14-17)13-12-22-21-24-19-11-6-5-10-18(19)20-23-16(3)25-27(20)21/h5-11,14H,4,12-13H2,1-3H3,(H,22,24). The van der Waals surface area contributed by atoms with Gasteiger partial charge in [0.25, 0.3) is 0 Å². The molecule has 6 nitrogen and oxygen atoms in total. The fourth-order valence-corrected chi connectivity index (χ4v) is 3.37. The molecule has 2 aromatic heterocycles. The number of aromatic nitrogens is 4. The average molecular weight is 360 g/mol. The molecule has 0 atom stereocenters. The van der Waals surface area contributed by atoms with Crippen LogP contribution in [0.15, 0.2) is 48.5 Å². The van der Waals surface area contributed by atoms with E-state index in [0.29, 0.717) is 0 Å². The van der Waals surface area contributed by atoms with Crippen LogP contribution in [0, 0.1) is 13.8 Å². The average Bonchev–Trinajstić information content (AvgIpc) is 3.07. The second-order valence-corrected chi connectivity index (χ2v) is 6.69. The summed E-state index contributed by atoms with van der Waals surface area (Å²) in [5.41, 5.74) is 4.28. The number of anilines is 2. The molecule has 138 valence electrons. The maximum Gasteiger partial charge on any atom is 0.226 e. The quantitative estimate of drug-likeness (QED) is 0.566. The molecule has 0 saturated carbocycles. The Kier molecular flexibility index (Phi) is 4.62. The van der Waals surface area contributed by atoms with Crippen molar-refractivity contribution in [3.8, 4) is 0 Å². The van der Waals surface area contributed by atoms with E-state index >= 15 is 0 Å². The smallest absolute Gasteiger partial charge is 0.226 e. The molecule has 0 unspecified atom stereocenters. The number of fused-ring (bicyclic) bond motifs is 3. The topological polar surface area (TPSA) is 58.3 Å². The summed E-state index contributed by atoms with van der Waals surface area (Å²) in [6.07, 6.45) is 0. The summed E-state index contributed by atoms with van der Waals surface area (Å²) in [7, 11) is 0. The van der Waals surface area contributed by atoms with E-state index in [4.69, 9.17) is 4.98 Å². The Morgan fingerprint density at radius 3 is 2.70 bits per heavy atom. The molecule has 0 amide bonds. The first-order valence-corrected chi connectivity index (χ1v) is 9.33. The van der Waals surface area contributed by atoms with Crippen LogP contribution in [0.1, 0.15) is 18.3 Å². The first-order chi connectivity index (χ1) is 13.2. The van der Waals surface area contributed by atoms with Gasteiger partial charge in [0.1, 0.15) is 5.82 Å². The zero-order chi connectivity index (χ0) is 18.8. The van der Waals surface area contributed by atoms with Gasteiger partial charge >= 0.3 is 0 Å². The molecule has 0 bridgehead atoms. The number of likely N-dealkylation sites (N-methyl/N-ethyl adjacent to an activating group) is 1. The highest BCUT2D eigenvalue weighted by atomic mass is 15.4. The lowest BCUT2D eigenvalue weighted by atomic mass is 10.2. The number of nitrogens with zero attached hydrogens (tertiary/aromatic N) is 5. The third-order valence-corrected chi connectivity index (χ3v) is 4.70. The highest BCUT2D eigenvalue weighted by molar-refractivity contribution is 5.92. The normalized spacial score (nSPS) is 11.2. The number of rotatable bonds is 6. The summed E-state index contributed by atoms with van der Waals surface area (Å²) in [5.74, 6) is 1.47. The predicted molar refractivity (Wildman–Crippen MR) is 111 cm³/mol. The van der Waals surface area contributed by atoms with E-state index in [2.05, 4.69) is 58.4 Å². The van der Waals surface area contributed by atoms with Crippen LogP contribution < -0.4 is 10.2 Å². The fourth-order valence-electron chi connectivity index (χ4n) is 3.37. The highest BCUT2D eigenvalue weighted by Gasteiger charge is 2.12. The molecule has 0 fully saturated rings. The van der Waals surface area contributed by atoms with Gasteiger partial charge in [-0.1, -0.05) is 24.3 Å². The minimum atomic E-state index is 0.726. The summed E-state index contributed by atoms with van der Waals surface area (Å²) in [4.78, 5) is 11.7. The molecule has 0 radical (unpaired) electrons. The molecule has 2 aromatic carbocycles. The van der Waals surface area contributed by atoms with Crippen LogP contribution in [-0.4, -0.2) is 39.2 Å². The molecule has 0 spiro atoms. The summed E-state index contributed by atoms with van der Waals surface area (Å²) in [6, 6.07) is 16.6. The Labute approximate surface area is 158 Å². The van der Waals surface area contributed by atoms with Crippen molar-refractivity contribution in [2.45, 2.75) is 20.8 Å². The maximum atomic E-state index is 4.76. The summed E-state index contributed by atoms with van der Waals surface area (Å²) in [5, 5.41) is 8.98. The van der Waals surface area contributed by atoms with Crippen molar-refractivity contribution in [2.24, 2.45) is 0 Å². The van der Waals surface area contributed by atoms with Crippen molar-refractivity contribution < 1.29 is 0 Å². The summed E-state index contributed by atoms with van der Waals surface area (Å²) in [6.45, 7) is 8.80. The Balaban J connectivity index is 1.57. The van der Waals surface area contributed by atoms with Crippen LogP contribution in [-0.2, 0) is 0 Å². The van der Waals surface area contributed by atoms with Crippen molar-refractivity contribution >= 4 is 28.2 Å². The Morgan fingerprint density at radius 1 is 1.04 bits per heavy atom. The van der Waals surface area contributed by atoms with Crippen LogP contribution >= 0.6 is 0 Å². The van der Waals surface area contributed by atoms with Crippen molar-refractivity contribution in [3.63, 3.8) is 0 Å². The van der Waals surface area contributed by atoms with Gasteiger partial charge in [-0.25, -0.2) is 9.97 Å². The Bertz CT molecular complexity index is 1080. The predicted octanol–water partition coefficient (Wildman–Crippen LogP) is 3.83. The van der Waals surface area contributed by atoms with E-state index in [0.717, 1.165) is 48.0 Å². The van der Waals surface area contributed by atoms with Gasteiger partial charge in [-0.2, -0.15) is 4.52 Å². The largest absolute Gasteiger partial charge is 0.370 e.